The van der Waals surface area contributed by atoms with E-state index in [1.807, 2.05) is 47.7 Å². The molecule has 0 aliphatic rings. The molecule has 0 amide bonds. The number of benzene rings is 6. The van der Waals surface area contributed by atoms with Gasteiger partial charge >= 0.3 is 0 Å². The summed E-state index contributed by atoms with van der Waals surface area (Å²) in [6.45, 7) is 0. The van der Waals surface area contributed by atoms with E-state index in [1.54, 1.807) is 0 Å². The van der Waals surface area contributed by atoms with Gasteiger partial charge in [0.25, 0.3) is 0 Å². The van der Waals surface area contributed by atoms with Gasteiger partial charge in [-0.1, -0.05) is 140 Å². The van der Waals surface area contributed by atoms with Crippen molar-refractivity contribution >= 4 is 31.5 Å². The van der Waals surface area contributed by atoms with Crippen LogP contribution in [0.25, 0.3) is 76.3 Å². The van der Waals surface area contributed by atoms with E-state index < -0.39 is 0 Å². The lowest BCUT2D eigenvalue weighted by atomic mass is 9.97. The Labute approximate surface area is 254 Å². The van der Waals surface area contributed by atoms with Gasteiger partial charge in [-0.2, -0.15) is 0 Å². The van der Waals surface area contributed by atoms with Crippen LogP contribution in [-0.4, -0.2) is 9.97 Å². The number of thiophene rings is 1. The maximum atomic E-state index is 4.99. The van der Waals surface area contributed by atoms with E-state index in [2.05, 4.69) is 121 Å². The summed E-state index contributed by atoms with van der Waals surface area (Å²) in [5.74, 6) is 0.726. The Hall–Kier alpha value is -5.38. The molecule has 0 fully saturated rings. The zero-order valence-corrected chi connectivity index (χ0v) is 24.1. The normalized spacial score (nSPS) is 11.3. The van der Waals surface area contributed by atoms with Gasteiger partial charge in [-0.3, -0.25) is 0 Å². The predicted molar refractivity (Wildman–Crippen MR) is 182 cm³/mol. The number of hydrogen-bond donors (Lipinski definition) is 0. The summed E-state index contributed by atoms with van der Waals surface area (Å²) in [5, 5.41) is 2.65. The molecule has 2 heterocycles. The molecule has 43 heavy (non-hydrogen) atoms. The lowest BCUT2D eigenvalue weighted by Crippen LogP contribution is -1.95. The highest BCUT2D eigenvalue weighted by Crippen LogP contribution is 2.40. The van der Waals surface area contributed by atoms with Gasteiger partial charge in [0.15, 0.2) is 5.82 Å². The fraction of sp³-hybridized carbons (Fsp3) is 0. The Morgan fingerprint density at radius 3 is 1.70 bits per heavy atom. The average molecular weight is 567 g/mol. The summed E-state index contributed by atoms with van der Waals surface area (Å²) >= 11 is 1.87. The zero-order valence-electron chi connectivity index (χ0n) is 23.3. The van der Waals surface area contributed by atoms with E-state index in [4.69, 9.17) is 9.97 Å². The van der Waals surface area contributed by atoms with Gasteiger partial charge in [-0.15, -0.1) is 11.3 Å². The highest BCUT2D eigenvalue weighted by Gasteiger charge is 2.13. The summed E-state index contributed by atoms with van der Waals surface area (Å²) in [5.41, 5.74) is 9.84. The van der Waals surface area contributed by atoms with Crippen LogP contribution in [0.1, 0.15) is 0 Å². The number of aromatic nitrogens is 2. The monoisotopic (exact) mass is 566 g/mol. The van der Waals surface area contributed by atoms with Crippen LogP contribution in [-0.2, 0) is 0 Å². The van der Waals surface area contributed by atoms with E-state index in [0.717, 1.165) is 33.9 Å². The molecular formula is C40H26N2S. The minimum Gasteiger partial charge on any atom is -0.228 e. The van der Waals surface area contributed by atoms with Crippen molar-refractivity contribution in [2.45, 2.75) is 0 Å². The van der Waals surface area contributed by atoms with E-state index >= 15 is 0 Å². The van der Waals surface area contributed by atoms with Crippen molar-refractivity contribution in [3.63, 3.8) is 0 Å². The van der Waals surface area contributed by atoms with Crippen molar-refractivity contribution in [3.05, 3.63) is 158 Å². The van der Waals surface area contributed by atoms with Crippen LogP contribution in [0.3, 0.4) is 0 Å². The molecule has 8 rings (SSSR count). The molecular weight excluding hydrogens is 541 g/mol. The molecule has 2 aromatic heterocycles. The van der Waals surface area contributed by atoms with Crippen LogP contribution in [0.2, 0.25) is 0 Å². The van der Waals surface area contributed by atoms with Crippen LogP contribution in [0.5, 0.6) is 0 Å². The molecule has 0 aliphatic heterocycles. The third kappa shape index (κ3) is 4.80. The Morgan fingerprint density at radius 1 is 0.372 bits per heavy atom. The van der Waals surface area contributed by atoms with Crippen molar-refractivity contribution in [1.29, 1.82) is 0 Å². The molecule has 3 heteroatoms. The first-order valence-electron chi connectivity index (χ1n) is 14.4. The number of nitrogens with zero attached hydrogens (tertiary/aromatic N) is 2. The Morgan fingerprint density at radius 2 is 0.930 bits per heavy atom. The van der Waals surface area contributed by atoms with Crippen molar-refractivity contribution in [2.75, 3.05) is 0 Å². The summed E-state index contributed by atoms with van der Waals surface area (Å²) in [6.07, 6.45) is 0. The Kier molecular flexibility index (Phi) is 6.36. The van der Waals surface area contributed by atoms with Gasteiger partial charge in [0.2, 0.25) is 0 Å². The van der Waals surface area contributed by atoms with Crippen molar-refractivity contribution in [2.24, 2.45) is 0 Å². The van der Waals surface area contributed by atoms with Crippen LogP contribution in [0.4, 0.5) is 0 Å². The van der Waals surface area contributed by atoms with Gasteiger partial charge < -0.3 is 0 Å². The van der Waals surface area contributed by atoms with Crippen molar-refractivity contribution in [3.8, 4) is 56.2 Å². The first-order valence-corrected chi connectivity index (χ1v) is 15.2. The summed E-state index contributed by atoms with van der Waals surface area (Å²) in [4.78, 5) is 9.92. The molecule has 0 saturated heterocycles. The molecule has 0 atom stereocenters. The van der Waals surface area contributed by atoms with Crippen molar-refractivity contribution in [1.82, 2.24) is 9.97 Å². The van der Waals surface area contributed by atoms with Gasteiger partial charge in [0, 0.05) is 36.9 Å². The molecule has 0 radical (unpaired) electrons. The lowest BCUT2D eigenvalue weighted by molar-refractivity contribution is 1.18. The Bertz CT molecular complexity index is 2160. The third-order valence-electron chi connectivity index (χ3n) is 7.92. The largest absolute Gasteiger partial charge is 0.228 e. The second-order valence-electron chi connectivity index (χ2n) is 10.6. The van der Waals surface area contributed by atoms with Gasteiger partial charge in [0.05, 0.1) is 11.4 Å². The van der Waals surface area contributed by atoms with Gasteiger partial charge in [-0.05, 0) is 40.5 Å². The smallest absolute Gasteiger partial charge is 0.160 e. The predicted octanol–water partition coefficient (Wildman–Crippen LogP) is 11.2. The van der Waals surface area contributed by atoms with Crippen LogP contribution in [0.15, 0.2) is 158 Å². The van der Waals surface area contributed by atoms with E-state index in [1.165, 1.54) is 42.4 Å². The minimum absolute atomic E-state index is 0.726. The first kappa shape index (κ1) is 25.3. The van der Waals surface area contributed by atoms with Crippen LogP contribution >= 0.6 is 11.3 Å². The molecule has 6 aromatic carbocycles. The fourth-order valence-corrected chi connectivity index (χ4v) is 6.98. The number of fused-ring (bicyclic) bond motifs is 3. The summed E-state index contributed by atoms with van der Waals surface area (Å²) in [7, 11) is 0. The lowest BCUT2D eigenvalue weighted by Gasteiger charge is -2.11. The number of hydrogen-bond acceptors (Lipinski definition) is 3. The number of rotatable bonds is 5. The maximum absolute atomic E-state index is 4.99. The maximum Gasteiger partial charge on any atom is 0.160 e. The Balaban J connectivity index is 1.17. The molecule has 0 saturated carbocycles. The van der Waals surface area contributed by atoms with Gasteiger partial charge in [-0.25, -0.2) is 9.97 Å². The van der Waals surface area contributed by atoms with Crippen LogP contribution < -0.4 is 0 Å². The highest BCUT2D eigenvalue weighted by atomic mass is 32.1. The van der Waals surface area contributed by atoms with E-state index in [-0.39, 0.29) is 0 Å². The molecule has 0 N–H and O–H groups in total. The highest BCUT2D eigenvalue weighted by molar-refractivity contribution is 7.26. The molecule has 0 spiro atoms. The zero-order chi connectivity index (χ0) is 28.6. The van der Waals surface area contributed by atoms with Crippen molar-refractivity contribution < 1.29 is 0 Å². The minimum atomic E-state index is 0.726. The molecule has 0 bridgehead atoms. The SMILES string of the molecule is c1ccc(-c2cc(-c3ccc(-c4cccc(-c5cccc6c5sc5ccccc56)c4)cc3)nc(-c3ccccc3)n2)cc1. The van der Waals surface area contributed by atoms with Gasteiger partial charge in [0.1, 0.15) is 0 Å². The third-order valence-corrected chi connectivity index (χ3v) is 9.14. The average Bonchev–Trinajstić information content (AvgIpc) is 3.48. The first-order chi connectivity index (χ1) is 21.3. The molecule has 202 valence electrons. The van der Waals surface area contributed by atoms with Crippen LogP contribution in [0, 0.1) is 0 Å². The topological polar surface area (TPSA) is 25.8 Å². The molecule has 0 aliphatic carbocycles. The molecule has 8 aromatic rings. The summed E-state index contributed by atoms with van der Waals surface area (Å²) < 4.78 is 2.66. The second-order valence-corrected chi connectivity index (χ2v) is 11.7. The van der Waals surface area contributed by atoms with E-state index in [9.17, 15) is 0 Å². The fourth-order valence-electron chi connectivity index (χ4n) is 5.74. The molecule has 0 unspecified atom stereocenters. The standard InChI is InChI=1S/C40H26N2S/c1-3-11-28(12-4-1)36-26-37(42-40(41-36)30-13-5-2-6-14-30)29-23-21-27(22-24-29)31-15-9-16-32(25-31)33-18-10-19-35-34-17-7-8-20-38(34)43-39(33)35/h1-26H. The van der Waals surface area contributed by atoms with E-state index in [0.29, 0.717) is 0 Å². The second kappa shape index (κ2) is 10.8. The quantitative estimate of drug-likeness (QED) is 0.207. The summed E-state index contributed by atoms with van der Waals surface area (Å²) in [6, 6.07) is 55.5. The molecule has 2 nitrogen and oxygen atoms in total.